The van der Waals surface area contributed by atoms with Gasteiger partial charge in [-0.1, -0.05) is 0 Å². The lowest BCUT2D eigenvalue weighted by Gasteiger charge is -2.21. The van der Waals surface area contributed by atoms with Crippen molar-refractivity contribution in [2.45, 2.75) is 82.1 Å². The first-order valence-electron chi connectivity index (χ1n) is 19.1. The first kappa shape index (κ1) is 56.5. The molecule has 0 rings (SSSR count). The number of nitrogens with two attached hydrogens (primary N) is 3. The summed E-state index contributed by atoms with van der Waals surface area (Å²) < 4.78 is 0. The van der Waals surface area contributed by atoms with E-state index in [4.69, 9.17) is 22.3 Å². The molecule has 0 bridgehead atoms. The van der Waals surface area contributed by atoms with Crippen LogP contribution in [0.3, 0.4) is 0 Å². The molecular weight excluding hydrogens is 862 g/mol. The highest BCUT2D eigenvalue weighted by Crippen LogP contribution is 2.02. The van der Waals surface area contributed by atoms with E-state index in [2.05, 4.69) is 47.9 Å². The quantitative estimate of drug-likeness (QED) is 0.0279. The molecule has 0 spiro atoms. The molecule has 5 atom stereocenters. The largest absolute Gasteiger partial charge is 0.481 e. The van der Waals surface area contributed by atoms with E-state index in [0.717, 1.165) is 6.92 Å². The van der Waals surface area contributed by atoms with Crippen LogP contribution in [0.25, 0.3) is 0 Å². The molecule has 0 aromatic carbocycles. The van der Waals surface area contributed by atoms with Crippen molar-refractivity contribution in [2.24, 2.45) is 17.2 Å². The van der Waals surface area contributed by atoms with Crippen LogP contribution < -0.4 is 70.4 Å². The van der Waals surface area contributed by atoms with Gasteiger partial charge in [-0.2, -0.15) is 0 Å². The monoisotopic (exact) mass is 917 g/mol. The molecule has 30 nitrogen and oxygen atoms in total. The molecule has 0 aromatic rings. The van der Waals surface area contributed by atoms with E-state index >= 15 is 0 Å². The Morgan fingerprint density at radius 3 is 1.22 bits per heavy atom. The van der Waals surface area contributed by atoms with Gasteiger partial charge in [0.2, 0.25) is 70.9 Å². The molecular formula is C34H55N13O17. The number of primary amides is 2. The van der Waals surface area contributed by atoms with Crippen LogP contribution in [0.15, 0.2) is 0 Å². The molecule has 0 aliphatic heterocycles. The Bertz CT molecular complexity index is 1750. The SMILES string of the molecule is CC(=O)NCC(=O)NC(CO)C(=O)NCC(=O)NC(CC(=O)O)C(=O)NCC(=O)N[C@H](CCCCN)C(=O)NCC(=O)N[C@H](CCC(=O)O)C(=O)NCC(=O)N[C@H](CC(N)=O)C(N)=O. The number of aliphatic carboxylic acids is 2. The van der Waals surface area contributed by atoms with Gasteiger partial charge in [0.1, 0.15) is 30.2 Å². The van der Waals surface area contributed by atoms with E-state index in [-0.39, 0.29) is 19.4 Å². The summed E-state index contributed by atoms with van der Waals surface area (Å²) in [6.07, 6.45) is -2.15. The topological polar surface area (TPSA) is 498 Å². The van der Waals surface area contributed by atoms with Gasteiger partial charge < -0.3 is 85.7 Å². The third kappa shape index (κ3) is 26.0. The van der Waals surface area contributed by atoms with Crippen molar-refractivity contribution in [3.05, 3.63) is 0 Å². The fraction of sp³-hybridized carbons (Fsp3) is 0.588. The molecule has 0 radical (unpaired) electrons. The molecule has 2 unspecified atom stereocenters. The number of rotatable bonds is 32. The van der Waals surface area contributed by atoms with Crippen molar-refractivity contribution in [3.8, 4) is 0 Å². The first-order chi connectivity index (χ1) is 30.0. The fourth-order valence-corrected chi connectivity index (χ4v) is 4.89. The average Bonchev–Trinajstić information content (AvgIpc) is 3.21. The van der Waals surface area contributed by atoms with Crippen LogP contribution in [0.2, 0.25) is 0 Å². The highest BCUT2D eigenvalue weighted by Gasteiger charge is 2.28. The normalized spacial score (nSPS) is 12.7. The zero-order chi connectivity index (χ0) is 48.9. The molecule has 0 saturated heterocycles. The number of hydrogen-bond donors (Lipinski definition) is 16. The van der Waals surface area contributed by atoms with Gasteiger partial charge >= 0.3 is 11.9 Å². The van der Waals surface area contributed by atoms with Crippen LogP contribution in [0, 0.1) is 0 Å². The molecule has 0 aromatic heterocycles. The van der Waals surface area contributed by atoms with E-state index in [9.17, 15) is 77.3 Å². The van der Waals surface area contributed by atoms with Gasteiger partial charge in [-0.25, -0.2) is 0 Å². The van der Waals surface area contributed by atoms with Gasteiger partial charge in [0.25, 0.3) is 0 Å². The second kappa shape index (κ2) is 30.5. The molecule has 30 heteroatoms. The van der Waals surface area contributed by atoms with Crippen molar-refractivity contribution in [1.29, 1.82) is 0 Å². The molecule has 0 saturated carbocycles. The summed E-state index contributed by atoms with van der Waals surface area (Å²) in [7, 11) is 0. The highest BCUT2D eigenvalue weighted by molar-refractivity contribution is 5.97. The van der Waals surface area contributed by atoms with Crippen LogP contribution >= 0.6 is 0 Å². The van der Waals surface area contributed by atoms with Crippen molar-refractivity contribution in [3.63, 3.8) is 0 Å². The number of carboxylic acids is 2. The summed E-state index contributed by atoms with van der Waals surface area (Å²) in [6, 6.07) is -7.78. The lowest BCUT2D eigenvalue weighted by Crippen LogP contribution is -2.55. The number of amides is 12. The predicted molar refractivity (Wildman–Crippen MR) is 212 cm³/mol. The minimum atomic E-state index is -1.80. The second-order valence-electron chi connectivity index (χ2n) is 13.5. The molecule has 0 heterocycles. The summed E-state index contributed by atoms with van der Waals surface area (Å²) in [5, 5.41) is 49.2. The average molecular weight is 918 g/mol. The van der Waals surface area contributed by atoms with Gasteiger partial charge in [0, 0.05) is 13.3 Å². The van der Waals surface area contributed by atoms with Crippen molar-refractivity contribution >= 4 is 82.8 Å². The number of hydrogen-bond acceptors (Lipinski definition) is 16. The van der Waals surface area contributed by atoms with Gasteiger partial charge in [-0.15, -0.1) is 0 Å². The highest BCUT2D eigenvalue weighted by atomic mass is 16.4. The second-order valence-corrected chi connectivity index (χ2v) is 13.5. The van der Waals surface area contributed by atoms with E-state index in [1.54, 1.807) is 0 Å². The summed E-state index contributed by atoms with van der Waals surface area (Å²) in [5.41, 5.74) is 15.6. The molecule has 64 heavy (non-hydrogen) atoms. The van der Waals surface area contributed by atoms with Crippen molar-refractivity contribution in [2.75, 3.05) is 45.9 Å². The number of nitrogens with one attached hydrogen (secondary N) is 10. The summed E-state index contributed by atoms with van der Waals surface area (Å²) in [5.74, 6) is -14.7. The van der Waals surface area contributed by atoms with Crippen LogP contribution in [-0.2, 0) is 67.1 Å². The number of aliphatic hydroxyl groups excluding tert-OH is 1. The number of unbranched alkanes of at least 4 members (excludes halogenated alkanes) is 1. The number of aliphatic hydroxyl groups is 1. The van der Waals surface area contributed by atoms with Crippen LogP contribution in [-0.4, -0.2) is 174 Å². The lowest BCUT2D eigenvalue weighted by atomic mass is 10.1. The molecule has 0 aliphatic rings. The molecule has 0 aliphatic carbocycles. The van der Waals surface area contributed by atoms with Crippen LogP contribution in [0.4, 0.5) is 0 Å². The summed E-state index contributed by atoms with van der Waals surface area (Å²) >= 11 is 0. The Morgan fingerprint density at radius 1 is 0.469 bits per heavy atom. The van der Waals surface area contributed by atoms with E-state index < -0.39 is 178 Å². The smallest absolute Gasteiger partial charge is 0.305 e. The Labute approximate surface area is 363 Å². The van der Waals surface area contributed by atoms with Gasteiger partial charge in [-0.3, -0.25) is 67.1 Å². The van der Waals surface area contributed by atoms with E-state index in [1.807, 2.05) is 5.32 Å². The summed E-state index contributed by atoms with van der Waals surface area (Å²) in [6.45, 7) is -3.48. The maximum Gasteiger partial charge on any atom is 0.305 e. The molecule has 19 N–H and O–H groups in total. The maximum atomic E-state index is 13.1. The zero-order valence-electron chi connectivity index (χ0n) is 34.6. The Hall–Kier alpha value is -7.50. The zero-order valence-corrected chi connectivity index (χ0v) is 34.6. The minimum absolute atomic E-state index is 0.0500. The number of carboxylic acid groups (broad SMARTS) is 2. The van der Waals surface area contributed by atoms with Gasteiger partial charge in [0.05, 0.1) is 52.2 Å². The lowest BCUT2D eigenvalue weighted by molar-refractivity contribution is -0.141. The Balaban J connectivity index is 5.47. The minimum Gasteiger partial charge on any atom is -0.481 e. The maximum absolute atomic E-state index is 13.1. The van der Waals surface area contributed by atoms with Crippen LogP contribution in [0.1, 0.15) is 51.9 Å². The predicted octanol–water partition coefficient (Wildman–Crippen LogP) is -10.2. The third-order valence-corrected chi connectivity index (χ3v) is 8.04. The first-order valence-corrected chi connectivity index (χ1v) is 19.1. The third-order valence-electron chi connectivity index (χ3n) is 8.04. The standard InChI is InChI=1S/C34H55N13O17/c1-16(49)38-10-23(51)47-21(15-48)34(64)42-14-27(55)46-20(9-29(58)59)33(63)41-12-24(52)43-17(4-2-3-7-35)31(61)39-11-25(53)44-18(5-6-28(56)57)32(62)40-13-26(54)45-19(30(37)60)8-22(36)50/h17-21,48H,2-15,35H2,1H3,(H2,36,50)(H2,37,60)(H,38,49)(H,39,61)(H,40,62)(H,41,63)(H,42,64)(H,43,52)(H,44,53)(H,45,54)(H,46,55)(H,47,51)(H,56,57)(H,58,59)/t17-,18-,19-,20?,21?/m1/s1. The number of carbonyl (C=O) groups excluding carboxylic acids is 12. The summed E-state index contributed by atoms with van der Waals surface area (Å²) in [4.78, 5) is 169. The van der Waals surface area contributed by atoms with E-state index in [1.165, 1.54) is 0 Å². The van der Waals surface area contributed by atoms with Gasteiger partial charge in [0.15, 0.2) is 0 Å². The molecule has 358 valence electrons. The van der Waals surface area contributed by atoms with Gasteiger partial charge in [-0.05, 0) is 32.2 Å². The van der Waals surface area contributed by atoms with Crippen molar-refractivity contribution < 1.29 is 82.4 Å². The Morgan fingerprint density at radius 2 is 0.844 bits per heavy atom. The number of carbonyl (C=O) groups is 14. The fourth-order valence-electron chi connectivity index (χ4n) is 4.89. The van der Waals surface area contributed by atoms with E-state index in [0.29, 0.717) is 6.42 Å². The molecule has 12 amide bonds. The van der Waals surface area contributed by atoms with Crippen LogP contribution in [0.5, 0.6) is 0 Å². The molecule has 0 fully saturated rings. The Kier molecular flexibility index (Phi) is 26.9. The van der Waals surface area contributed by atoms with Crippen molar-refractivity contribution in [1.82, 2.24) is 53.2 Å².